The standard InChI is InChI=1S/C18H24N2O5/c1-12(21)15-7-6-8-16(18(15)13(2)22)25-11-17(24)20-10-5-4-9-19-14(3)23/h6-8H,4-5,9-11H2,1-3H3,(H,19,23)(H,20,24). The molecule has 0 saturated heterocycles. The number of nitrogens with one attached hydrogen (secondary N) is 2. The zero-order valence-corrected chi connectivity index (χ0v) is 14.8. The second-order valence-corrected chi connectivity index (χ2v) is 5.62. The fourth-order valence-corrected chi connectivity index (χ4v) is 2.24. The Labute approximate surface area is 147 Å². The van der Waals surface area contributed by atoms with Gasteiger partial charge in [-0.2, -0.15) is 0 Å². The highest BCUT2D eigenvalue weighted by atomic mass is 16.5. The number of Topliss-reactive ketones (excluding diaryl/α,β-unsaturated/α-hetero) is 2. The van der Waals surface area contributed by atoms with Gasteiger partial charge >= 0.3 is 0 Å². The first-order chi connectivity index (χ1) is 11.8. The van der Waals surface area contributed by atoms with E-state index >= 15 is 0 Å². The Hall–Kier alpha value is -2.70. The van der Waals surface area contributed by atoms with Crippen LogP contribution in [0.15, 0.2) is 18.2 Å². The number of carbonyl (C=O) groups is 4. The first-order valence-electron chi connectivity index (χ1n) is 8.11. The number of hydrogen-bond donors (Lipinski definition) is 2. The van der Waals surface area contributed by atoms with Crippen molar-refractivity contribution < 1.29 is 23.9 Å². The molecule has 0 unspecified atom stereocenters. The molecule has 1 aromatic rings. The van der Waals surface area contributed by atoms with Crippen molar-refractivity contribution in [2.45, 2.75) is 33.6 Å². The number of carbonyl (C=O) groups excluding carboxylic acids is 4. The number of benzene rings is 1. The van der Waals surface area contributed by atoms with Crippen LogP contribution in [-0.4, -0.2) is 43.1 Å². The van der Waals surface area contributed by atoms with Gasteiger partial charge in [0.2, 0.25) is 5.91 Å². The molecule has 136 valence electrons. The zero-order valence-electron chi connectivity index (χ0n) is 14.8. The summed E-state index contributed by atoms with van der Waals surface area (Å²) in [7, 11) is 0. The summed E-state index contributed by atoms with van der Waals surface area (Å²) in [6.07, 6.45) is 1.49. The van der Waals surface area contributed by atoms with Gasteiger partial charge < -0.3 is 15.4 Å². The van der Waals surface area contributed by atoms with Gasteiger partial charge in [-0.3, -0.25) is 19.2 Å². The van der Waals surface area contributed by atoms with E-state index in [1.54, 1.807) is 18.2 Å². The monoisotopic (exact) mass is 348 g/mol. The van der Waals surface area contributed by atoms with Crippen molar-refractivity contribution in [3.63, 3.8) is 0 Å². The first kappa shape index (κ1) is 20.3. The van der Waals surface area contributed by atoms with Gasteiger partial charge in [-0.05, 0) is 32.8 Å². The van der Waals surface area contributed by atoms with Gasteiger partial charge in [-0.15, -0.1) is 0 Å². The average Bonchev–Trinajstić information content (AvgIpc) is 2.55. The minimum Gasteiger partial charge on any atom is -0.483 e. The van der Waals surface area contributed by atoms with E-state index < -0.39 is 0 Å². The van der Waals surface area contributed by atoms with Crippen LogP contribution in [0.4, 0.5) is 0 Å². The molecule has 0 aliphatic heterocycles. The van der Waals surface area contributed by atoms with Crippen LogP contribution in [0, 0.1) is 0 Å². The number of ether oxygens (including phenoxy) is 1. The average molecular weight is 348 g/mol. The Kier molecular flexibility index (Phi) is 8.32. The lowest BCUT2D eigenvalue weighted by Gasteiger charge is -2.12. The highest BCUT2D eigenvalue weighted by molar-refractivity contribution is 6.09. The fraction of sp³-hybridized carbons (Fsp3) is 0.444. The molecule has 2 N–H and O–H groups in total. The van der Waals surface area contributed by atoms with Crippen LogP contribution in [0.1, 0.15) is 54.3 Å². The summed E-state index contributed by atoms with van der Waals surface area (Å²) in [4.78, 5) is 45.9. The Morgan fingerprint density at radius 1 is 0.920 bits per heavy atom. The van der Waals surface area contributed by atoms with Crippen molar-refractivity contribution in [2.75, 3.05) is 19.7 Å². The minimum atomic E-state index is -0.317. The lowest BCUT2D eigenvalue weighted by atomic mass is 10.0. The summed E-state index contributed by atoms with van der Waals surface area (Å²) in [5.41, 5.74) is 0.474. The molecule has 0 saturated carbocycles. The summed E-state index contributed by atoms with van der Waals surface area (Å²) in [5, 5.41) is 5.37. The van der Waals surface area contributed by atoms with E-state index in [9.17, 15) is 19.2 Å². The van der Waals surface area contributed by atoms with E-state index in [1.165, 1.54) is 20.8 Å². The van der Waals surface area contributed by atoms with Gasteiger partial charge in [0.25, 0.3) is 5.91 Å². The zero-order chi connectivity index (χ0) is 18.8. The van der Waals surface area contributed by atoms with Crippen molar-refractivity contribution in [3.05, 3.63) is 29.3 Å². The third-order valence-electron chi connectivity index (χ3n) is 3.42. The fourth-order valence-electron chi connectivity index (χ4n) is 2.24. The Bertz CT molecular complexity index is 655. The topological polar surface area (TPSA) is 102 Å². The Balaban J connectivity index is 2.48. The second kappa shape index (κ2) is 10.2. The second-order valence-electron chi connectivity index (χ2n) is 5.62. The third kappa shape index (κ3) is 7.15. The molecule has 0 aliphatic carbocycles. The molecule has 0 heterocycles. The summed E-state index contributed by atoms with van der Waals surface area (Å²) >= 11 is 0. The molecule has 0 aliphatic rings. The SMILES string of the molecule is CC(=O)NCCCCNC(=O)COc1cccc(C(C)=O)c1C(C)=O. The van der Waals surface area contributed by atoms with E-state index in [-0.39, 0.29) is 46.9 Å². The maximum Gasteiger partial charge on any atom is 0.257 e. The lowest BCUT2D eigenvalue weighted by Crippen LogP contribution is -2.30. The van der Waals surface area contributed by atoms with Crippen LogP contribution in [0.2, 0.25) is 0 Å². The molecule has 1 rings (SSSR count). The summed E-state index contributed by atoms with van der Waals surface area (Å²) in [5.74, 6) is -0.701. The molecule has 0 bridgehead atoms. The maximum atomic E-state index is 11.8. The minimum absolute atomic E-state index is 0.0773. The van der Waals surface area contributed by atoms with Crippen LogP contribution in [0.25, 0.3) is 0 Å². The predicted octanol–water partition coefficient (Wildman–Crippen LogP) is 1.50. The molecule has 2 amide bonds. The molecule has 7 nitrogen and oxygen atoms in total. The quantitative estimate of drug-likeness (QED) is 0.493. The number of hydrogen-bond acceptors (Lipinski definition) is 5. The van der Waals surface area contributed by atoms with Crippen LogP contribution in [0.3, 0.4) is 0 Å². The molecule has 0 spiro atoms. The normalized spacial score (nSPS) is 10.0. The predicted molar refractivity (Wildman–Crippen MR) is 92.9 cm³/mol. The van der Waals surface area contributed by atoms with Crippen molar-refractivity contribution >= 4 is 23.4 Å². The number of unbranched alkanes of at least 4 members (excludes halogenated alkanes) is 1. The summed E-state index contributed by atoms with van der Waals surface area (Å²) in [6, 6.07) is 4.73. The van der Waals surface area contributed by atoms with E-state index in [0.29, 0.717) is 13.1 Å². The molecule has 25 heavy (non-hydrogen) atoms. The van der Waals surface area contributed by atoms with Crippen LogP contribution >= 0.6 is 0 Å². The Morgan fingerprint density at radius 3 is 2.12 bits per heavy atom. The van der Waals surface area contributed by atoms with Gasteiger partial charge in [0.1, 0.15) is 5.75 Å². The van der Waals surface area contributed by atoms with Gasteiger partial charge in [0, 0.05) is 25.6 Å². The number of amides is 2. The molecule has 0 aromatic heterocycles. The summed E-state index contributed by atoms with van der Waals surface area (Å²) < 4.78 is 5.42. The molecule has 7 heteroatoms. The Morgan fingerprint density at radius 2 is 1.56 bits per heavy atom. The lowest BCUT2D eigenvalue weighted by molar-refractivity contribution is -0.123. The van der Waals surface area contributed by atoms with E-state index in [4.69, 9.17) is 4.74 Å². The molecule has 0 radical (unpaired) electrons. The van der Waals surface area contributed by atoms with Gasteiger partial charge in [0.15, 0.2) is 18.2 Å². The van der Waals surface area contributed by atoms with Crippen LogP contribution in [0.5, 0.6) is 5.75 Å². The van der Waals surface area contributed by atoms with E-state index in [1.807, 2.05) is 0 Å². The molecular weight excluding hydrogens is 324 g/mol. The van der Waals surface area contributed by atoms with Crippen molar-refractivity contribution in [3.8, 4) is 5.75 Å². The van der Waals surface area contributed by atoms with Gasteiger partial charge in [0.05, 0.1) is 5.56 Å². The molecule has 0 atom stereocenters. The van der Waals surface area contributed by atoms with E-state index in [2.05, 4.69) is 10.6 Å². The molecule has 1 aromatic carbocycles. The molecular formula is C18H24N2O5. The number of rotatable bonds is 10. The third-order valence-corrected chi connectivity index (χ3v) is 3.42. The van der Waals surface area contributed by atoms with Crippen molar-refractivity contribution in [2.24, 2.45) is 0 Å². The van der Waals surface area contributed by atoms with E-state index in [0.717, 1.165) is 12.8 Å². The van der Waals surface area contributed by atoms with Crippen molar-refractivity contribution in [1.29, 1.82) is 0 Å². The highest BCUT2D eigenvalue weighted by Gasteiger charge is 2.17. The number of ketones is 2. The van der Waals surface area contributed by atoms with Crippen molar-refractivity contribution in [1.82, 2.24) is 10.6 Å². The maximum absolute atomic E-state index is 11.8. The van der Waals surface area contributed by atoms with Gasteiger partial charge in [-0.1, -0.05) is 12.1 Å². The largest absolute Gasteiger partial charge is 0.483 e. The molecule has 0 fully saturated rings. The van der Waals surface area contributed by atoms with Gasteiger partial charge in [-0.25, -0.2) is 0 Å². The first-order valence-corrected chi connectivity index (χ1v) is 8.11. The van der Waals surface area contributed by atoms with Crippen LogP contribution in [-0.2, 0) is 9.59 Å². The smallest absolute Gasteiger partial charge is 0.257 e. The summed E-state index contributed by atoms with van der Waals surface area (Å²) in [6.45, 7) is 4.97. The highest BCUT2D eigenvalue weighted by Crippen LogP contribution is 2.23. The van der Waals surface area contributed by atoms with Crippen LogP contribution < -0.4 is 15.4 Å².